The summed E-state index contributed by atoms with van der Waals surface area (Å²) in [6.07, 6.45) is 1.71. The molecular weight excluding hydrogens is 451 g/mol. The van der Waals surface area contributed by atoms with Crippen LogP contribution < -0.4 is 21.7 Å². The third kappa shape index (κ3) is 6.06. The molecule has 0 atom stereocenters. The number of hydrogen-bond acceptors (Lipinski definition) is 7. The second-order valence-electron chi connectivity index (χ2n) is 7.20. The van der Waals surface area contributed by atoms with Gasteiger partial charge in [-0.25, -0.2) is 4.98 Å². The van der Waals surface area contributed by atoms with Crippen molar-refractivity contribution in [2.75, 3.05) is 17.6 Å². The monoisotopic (exact) mass is 471 g/mol. The average Bonchev–Trinajstić information content (AvgIpc) is 2.77. The van der Waals surface area contributed by atoms with Gasteiger partial charge in [0, 0.05) is 47.6 Å². The predicted octanol–water partition coefficient (Wildman–Crippen LogP) is 2.88. The lowest BCUT2D eigenvalue weighted by atomic mass is 9.99. The number of nitrogens with one attached hydrogen (secondary N) is 4. The Balaban J connectivity index is 1.77. The first-order valence-electron chi connectivity index (χ1n) is 9.81. The van der Waals surface area contributed by atoms with Gasteiger partial charge in [-0.2, -0.15) is 13.2 Å². The van der Waals surface area contributed by atoms with E-state index in [-0.39, 0.29) is 11.5 Å². The Morgan fingerprint density at radius 2 is 1.94 bits per heavy atom. The number of halogens is 3. The van der Waals surface area contributed by atoms with E-state index in [0.29, 0.717) is 22.7 Å². The van der Waals surface area contributed by atoms with Gasteiger partial charge in [0.2, 0.25) is 0 Å². The van der Waals surface area contributed by atoms with E-state index in [0.717, 1.165) is 22.9 Å². The molecule has 2 aromatic heterocycles. The Hall–Kier alpha value is -4.48. The van der Waals surface area contributed by atoms with Crippen LogP contribution in [-0.2, 0) is 9.59 Å². The first kappa shape index (κ1) is 24.2. The molecule has 0 spiro atoms. The molecule has 12 heteroatoms. The molecular formula is C22H20F3N7O2. The van der Waals surface area contributed by atoms with Crippen molar-refractivity contribution < 1.29 is 22.8 Å². The Kier molecular flexibility index (Phi) is 7.09. The number of fused-ring (bicyclic) bond motifs is 1. The van der Waals surface area contributed by atoms with Crippen molar-refractivity contribution in [3.05, 3.63) is 60.3 Å². The Morgan fingerprint density at radius 1 is 1.18 bits per heavy atom. The molecule has 3 rings (SSSR count). The number of hydrogen-bond donors (Lipinski definition) is 5. The highest BCUT2D eigenvalue weighted by molar-refractivity contribution is 6.40. The summed E-state index contributed by atoms with van der Waals surface area (Å²) >= 11 is 0. The van der Waals surface area contributed by atoms with Crippen molar-refractivity contribution in [3.8, 4) is 11.1 Å². The van der Waals surface area contributed by atoms with Gasteiger partial charge in [0.15, 0.2) is 0 Å². The molecule has 9 nitrogen and oxygen atoms in total. The molecule has 3 aromatic rings. The minimum atomic E-state index is -4.48. The number of rotatable bonds is 6. The number of amides is 2. The van der Waals surface area contributed by atoms with Gasteiger partial charge in [0.1, 0.15) is 12.4 Å². The number of allylic oxidation sites excluding steroid dienone is 1. The largest absolute Gasteiger partial charge is 0.405 e. The lowest BCUT2D eigenvalue weighted by molar-refractivity contribution is -0.135. The van der Waals surface area contributed by atoms with Crippen LogP contribution in [0.5, 0.6) is 0 Å². The highest BCUT2D eigenvalue weighted by atomic mass is 19.4. The van der Waals surface area contributed by atoms with Crippen molar-refractivity contribution in [1.29, 1.82) is 5.41 Å². The van der Waals surface area contributed by atoms with Crippen molar-refractivity contribution >= 4 is 40.3 Å². The van der Waals surface area contributed by atoms with E-state index in [1.165, 1.54) is 12.3 Å². The highest BCUT2D eigenvalue weighted by Crippen LogP contribution is 2.31. The fourth-order valence-corrected chi connectivity index (χ4v) is 3.03. The van der Waals surface area contributed by atoms with Gasteiger partial charge < -0.3 is 27.1 Å². The topological polar surface area (TPSA) is 146 Å². The second kappa shape index (κ2) is 9.98. The number of nitrogens with zero attached hydrogens (tertiary/aromatic N) is 2. The summed E-state index contributed by atoms with van der Waals surface area (Å²) in [5.74, 6) is -2.25. The number of alkyl halides is 3. The van der Waals surface area contributed by atoms with Gasteiger partial charge in [-0.15, -0.1) is 0 Å². The Labute approximate surface area is 191 Å². The van der Waals surface area contributed by atoms with Gasteiger partial charge >= 0.3 is 18.0 Å². The van der Waals surface area contributed by atoms with Crippen LogP contribution in [0.1, 0.15) is 5.56 Å². The number of nitrogen functional groups attached to an aromatic ring is 1. The molecule has 34 heavy (non-hydrogen) atoms. The van der Waals surface area contributed by atoms with E-state index >= 15 is 0 Å². The number of carbonyl (C=O) groups is 2. The molecule has 0 aliphatic carbocycles. The fourth-order valence-electron chi connectivity index (χ4n) is 3.03. The minimum absolute atomic E-state index is 0.0580. The molecule has 0 aliphatic rings. The number of benzene rings is 1. The number of anilines is 2. The summed E-state index contributed by atoms with van der Waals surface area (Å²) in [7, 11) is 0. The van der Waals surface area contributed by atoms with E-state index in [2.05, 4.69) is 15.3 Å². The van der Waals surface area contributed by atoms with E-state index in [4.69, 9.17) is 11.1 Å². The molecule has 6 N–H and O–H groups in total. The van der Waals surface area contributed by atoms with E-state index in [1.54, 1.807) is 18.5 Å². The van der Waals surface area contributed by atoms with Gasteiger partial charge in [0.05, 0.1) is 5.70 Å². The zero-order valence-electron chi connectivity index (χ0n) is 17.8. The highest BCUT2D eigenvalue weighted by Gasteiger charge is 2.26. The molecule has 2 heterocycles. The Bertz CT molecular complexity index is 1290. The van der Waals surface area contributed by atoms with Crippen molar-refractivity contribution in [3.63, 3.8) is 0 Å². The molecule has 176 valence electrons. The lowest BCUT2D eigenvalue weighted by Gasteiger charge is -2.11. The molecule has 0 radical (unpaired) electrons. The summed E-state index contributed by atoms with van der Waals surface area (Å²) in [5, 5.41) is 14.7. The van der Waals surface area contributed by atoms with Crippen molar-refractivity contribution in [1.82, 2.24) is 20.6 Å². The first-order valence-corrected chi connectivity index (χ1v) is 9.81. The molecule has 0 saturated carbocycles. The van der Waals surface area contributed by atoms with Crippen molar-refractivity contribution in [2.24, 2.45) is 0 Å². The summed E-state index contributed by atoms with van der Waals surface area (Å²) in [4.78, 5) is 32.6. The van der Waals surface area contributed by atoms with Crippen LogP contribution in [0, 0.1) is 12.3 Å². The number of carbonyl (C=O) groups excluding carboxylic acids is 2. The fraction of sp³-hybridized carbons (Fsp3) is 0.136. The average molecular weight is 471 g/mol. The smallest absolute Gasteiger partial charge is 0.398 e. The van der Waals surface area contributed by atoms with Crippen molar-refractivity contribution in [2.45, 2.75) is 13.1 Å². The van der Waals surface area contributed by atoms with Crippen LogP contribution >= 0.6 is 0 Å². The molecule has 0 bridgehead atoms. The van der Waals surface area contributed by atoms with Crippen LogP contribution in [0.15, 0.2) is 54.8 Å². The minimum Gasteiger partial charge on any atom is -0.398 e. The summed E-state index contributed by atoms with van der Waals surface area (Å²) in [5.41, 5.74) is 8.98. The maximum Gasteiger partial charge on any atom is 0.405 e. The third-order valence-corrected chi connectivity index (χ3v) is 4.64. The molecule has 0 fully saturated rings. The van der Waals surface area contributed by atoms with Gasteiger partial charge in [0.25, 0.3) is 0 Å². The quantitative estimate of drug-likeness (QED) is 0.212. The number of aryl methyl sites for hydroxylation is 1. The van der Waals surface area contributed by atoms with Crippen LogP contribution in [0.2, 0.25) is 0 Å². The van der Waals surface area contributed by atoms with Gasteiger partial charge in [-0.05, 0) is 47.7 Å². The maximum absolute atomic E-state index is 12.2. The van der Waals surface area contributed by atoms with Crippen LogP contribution in [0.4, 0.5) is 24.7 Å². The maximum atomic E-state index is 12.2. The summed E-state index contributed by atoms with van der Waals surface area (Å²) in [6.45, 7) is 0.570. The zero-order chi connectivity index (χ0) is 24.9. The normalized spacial score (nSPS) is 11.7. The SMILES string of the molecule is Cc1ccncc1-c1cc(N)c2cnc(NC(=O)C(=O)N/C(C=N)=C/NCC(F)(F)F)cc2c1. The zero-order valence-corrected chi connectivity index (χ0v) is 17.8. The number of pyridine rings is 2. The van der Waals surface area contributed by atoms with Crippen LogP contribution in [-0.4, -0.2) is 40.7 Å². The van der Waals surface area contributed by atoms with Crippen LogP contribution in [0.25, 0.3) is 21.9 Å². The predicted molar refractivity (Wildman–Crippen MR) is 122 cm³/mol. The lowest BCUT2D eigenvalue weighted by Crippen LogP contribution is -2.36. The summed E-state index contributed by atoms with van der Waals surface area (Å²) < 4.78 is 36.6. The number of aromatic nitrogens is 2. The molecule has 0 unspecified atom stereocenters. The molecule has 0 saturated heterocycles. The number of nitrogens with two attached hydrogens (primary N) is 1. The van der Waals surface area contributed by atoms with Gasteiger partial charge in [-0.3, -0.25) is 14.6 Å². The molecule has 1 aromatic carbocycles. The molecule has 0 aliphatic heterocycles. The third-order valence-electron chi connectivity index (χ3n) is 4.64. The second-order valence-corrected chi connectivity index (χ2v) is 7.20. The van der Waals surface area contributed by atoms with E-state index in [9.17, 15) is 22.8 Å². The van der Waals surface area contributed by atoms with E-state index in [1.807, 2.05) is 29.7 Å². The Morgan fingerprint density at radius 3 is 2.62 bits per heavy atom. The van der Waals surface area contributed by atoms with E-state index < -0.39 is 24.5 Å². The van der Waals surface area contributed by atoms with Gasteiger partial charge in [-0.1, -0.05) is 0 Å². The van der Waals surface area contributed by atoms with Crippen LogP contribution in [0.3, 0.4) is 0 Å². The standard InChI is InChI=1S/C22H20F3N7O2/c1-12-2-3-28-9-16(12)13-4-14-6-19(30-10-17(14)18(27)5-13)32-21(34)20(33)31-15(7-26)8-29-11-22(23,24)25/h2-10,26,29H,11,27H2,1H3,(H,31,33)(H,30,32,34)/b15-8+,26-7?. The summed E-state index contributed by atoms with van der Waals surface area (Å²) in [6, 6.07) is 7.03. The first-order chi connectivity index (χ1) is 16.1. The molecule has 2 amide bonds.